The van der Waals surface area contributed by atoms with E-state index >= 15 is 0 Å². The second-order valence-electron chi connectivity index (χ2n) is 5.98. The van der Waals surface area contributed by atoms with E-state index in [9.17, 15) is 8.42 Å². The van der Waals surface area contributed by atoms with Gasteiger partial charge in [-0.05, 0) is 24.6 Å². The van der Waals surface area contributed by atoms with Gasteiger partial charge >= 0.3 is 0 Å². The van der Waals surface area contributed by atoms with Gasteiger partial charge in [0.05, 0.1) is 21.7 Å². The van der Waals surface area contributed by atoms with Crippen molar-refractivity contribution >= 4 is 21.4 Å². The molecule has 2 N–H and O–H groups in total. The summed E-state index contributed by atoms with van der Waals surface area (Å²) in [5.41, 5.74) is 6.98. The van der Waals surface area contributed by atoms with Gasteiger partial charge < -0.3 is 4.52 Å². The lowest BCUT2D eigenvalue weighted by molar-refractivity contribution is 0.400. The zero-order chi connectivity index (χ0) is 19.0. The highest BCUT2D eigenvalue weighted by molar-refractivity contribution is 7.89. The largest absolute Gasteiger partial charge is 0.360 e. The molecular formula is C19H15N3O3S2. The maximum atomic E-state index is 11.5. The zero-order valence-corrected chi connectivity index (χ0v) is 15.9. The molecule has 0 spiro atoms. The normalized spacial score (nSPS) is 11.6. The summed E-state index contributed by atoms with van der Waals surface area (Å²) >= 11 is 1.55. The summed E-state index contributed by atoms with van der Waals surface area (Å²) in [5, 5.41) is 11.4. The number of rotatable bonds is 4. The van der Waals surface area contributed by atoms with E-state index in [1.165, 1.54) is 12.1 Å². The van der Waals surface area contributed by atoms with Crippen molar-refractivity contribution in [1.29, 1.82) is 0 Å². The van der Waals surface area contributed by atoms with Crippen molar-refractivity contribution in [3.63, 3.8) is 0 Å². The van der Waals surface area contributed by atoms with Gasteiger partial charge in [-0.3, -0.25) is 0 Å². The van der Waals surface area contributed by atoms with E-state index in [4.69, 9.17) is 9.66 Å². The molecule has 0 saturated heterocycles. The molecule has 4 aromatic rings. The lowest BCUT2D eigenvalue weighted by atomic mass is 9.98. The van der Waals surface area contributed by atoms with Gasteiger partial charge in [0, 0.05) is 16.5 Å². The monoisotopic (exact) mass is 397 g/mol. The van der Waals surface area contributed by atoms with Gasteiger partial charge in [0.15, 0.2) is 0 Å². The molecule has 27 heavy (non-hydrogen) atoms. The standard InChI is InChI=1S/C19H15N3O3S2/c1-12-18(14-6-8-16(9-7-14)27(20,23)24)19(22-25-12)15-4-2-13(3-5-15)17-10-26-11-21-17/h2-11H,1H3,(H2,20,23,24). The number of hydrogen-bond donors (Lipinski definition) is 1. The predicted octanol–water partition coefficient (Wildman–Crippen LogP) is 4.09. The Bertz CT molecular complexity index is 1180. The van der Waals surface area contributed by atoms with Crippen LogP contribution in [0.15, 0.2) is 68.8 Å². The molecule has 0 saturated carbocycles. The third kappa shape index (κ3) is 3.42. The van der Waals surface area contributed by atoms with Crippen molar-refractivity contribution in [3.8, 4) is 33.6 Å². The van der Waals surface area contributed by atoms with Gasteiger partial charge in [-0.1, -0.05) is 41.6 Å². The molecule has 0 amide bonds. The third-order valence-corrected chi connectivity index (χ3v) is 5.74. The molecule has 0 atom stereocenters. The molecule has 0 aliphatic carbocycles. The Morgan fingerprint density at radius 3 is 2.19 bits per heavy atom. The molecule has 0 radical (unpaired) electrons. The number of hydrogen-bond acceptors (Lipinski definition) is 6. The maximum absolute atomic E-state index is 11.5. The summed E-state index contributed by atoms with van der Waals surface area (Å²) in [6.07, 6.45) is 0. The smallest absolute Gasteiger partial charge is 0.238 e. The highest BCUT2D eigenvalue weighted by Crippen LogP contribution is 2.35. The molecule has 8 heteroatoms. The Kier molecular flexibility index (Phi) is 4.39. The molecular weight excluding hydrogens is 382 g/mol. The minimum atomic E-state index is -3.73. The Balaban J connectivity index is 1.74. The molecule has 0 fully saturated rings. The van der Waals surface area contributed by atoms with Crippen LogP contribution in [0.1, 0.15) is 5.76 Å². The van der Waals surface area contributed by atoms with Crippen LogP contribution in [0.4, 0.5) is 0 Å². The van der Waals surface area contributed by atoms with Crippen LogP contribution >= 0.6 is 11.3 Å². The fraction of sp³-hybridized carbons (Fsp3) is 0.0526. The van der Waals surface area contributed by atoms with Crippen molar-refractivity contribution in [1.82, 2.24) is 10.1 Å². The van der Waals surface area contributed by atoms with Crippen LogP contribution in [-0.2, 0) is 10.0 Å². The van der Waals surface area contributed by atoms with E-state index in [-0.39, 0.29) is 4.90 Å². The van der Waals surface area contributed by atoms with Crippen LogP contribution in [-0.4, -0.2) is 18.6 Å². The highest BCUT2D eigenvalue weighted by atomic mass is 32.2. The minimum absolute atomic E-state index is 0.0644. The number of aromatic nitrogens is 2. The van der Waals surface area contributed by atoms with Gasteiger partial charge in [-0.2, -0.15) is 0 Å². The Hall–Kier alpha value is -2.81. The third-order valence-electron chi connectivity index (χ3n) is 4.22. The van der Waals surface area contributed by atoms with Gasteiger partial charge in [0.1, 0.15) is 11.5 Å². The quantitative estimate of drug-likeness (QED) is 0.559. The van der Waals surface area contributed by atoms with E-state index in [1.54, 1.807) is 29.0 Å². The topological polar surface area (TPSA) is 99.1 Å². The summed E-state index contributed by atoms with van der Waals surface area (Å²) in [5.74, 6) is 0.650. The first-order chi connectivity index (χ1) is 12.9. The molecule has 2 heterocycles. The van der Waals surface area contributed by atoms with Gasteiger partial charge in [-0.15, -0.1) is 11.3 Å². The predicted molar refractivity (Wildman–Crippen MR) is 105 cm³/mol. The average Bonchev–Trinajstić information content (AvgIpc) is 3.31. The Morgan fingerprint density at radius 2 is 1.59 bits per heavy atom. The molecule has 0 bridgehead atoms. The molecule has 2 aromatic heterocycles. The van der Waals surface area contributed by atoms with Gasteiger partial charge in [0.2, 0.25) is 10.0 Å². The molecule has 2 aromatic carbocycles. The number of primary sulfonamides is 1. The van der Waals surface area contributed by atoms with Crippen molar-refractivity contribution in [2.24, 2.45) is 5.14 Å². The van der Waals surface area contributed by atoms with E-state index in [1.807, 2.05) is 36.6 Å². The summed E-state index contributed by atoms with van der Waals surface area (Å²) in [4.78, 5) is 4.38. The second-order valence-corrected chi connectivity index (χ2v) is 8.26. The Morgan fingerprint density at radius 1 is 0.963 bits per heavy atom. The number of benzene rings is 2. The Labute approximate surface area is 160 Å². The number of nitrogens with zero attached hydrogens (tertiary/aromatic N) is 2. The molecule has 0 aliphatic rings. The number of nitrogens with two attached hydrogens (primary N) is 1. The zero-order valence-electron chi connectivity index (χ0n) is 14.3. The minimum Gasteiger partial charge on any atom is -0.360 e. The highest BCUT2D eigenvalue weighted by Gasteiger charge is 2.17. The fourth-order valence-electron chi connectivity index (χ4n) is 2.87. The van der Waals surface area contributed by atoms with Crippen molar-refractivity contribution in [2.45, 2.75) is 11.8 Å². The van der Waals surface area contributed by atoms with Crippen LogP contribution in [0.5, 0.6) is 0 Å². The van der Waals surface area contributed by atoms with E-state index in [0.717, 1.165) is 27.9 Å². The second kappa shape index (κ2) is 6.73. The molecule has 6 nitrogen and oxygen atoms in total. The first kappa shape index (κ1) is 17.6. The fourth-order valence-corrected chi connectivity index (χ4v) is 3.95. The van der Waals surface area contributed by atoms with Crippen LogP contribution in [0.3, 0.4) is 0 Å². The average molecular weight is 397 g/mol. The van der Waals surface area contributed by atoms with Crippen molar-refractivity contribution in [3.05, 3.63) is 65.2 Å². The van der Waals surface area contributed by atoms with Gasteiger partial charge in [-0.25, -0.2) is 18.5 Å². The van der Waals surface area contributed by atoms with Crippen LogP contribution in [0.2, 0.25) is 0 Å². The maximum Gasteiger partial charge on any atom is 0.238 e. The van der Waals surface area contributed by atoms with E-state index in [2.05, 4.69) is 10.1 Å². The first-order valence-electron chi connectivity index (χ1n) is 8.02. The summed E-state index contributed by atoms with van der Waals surface area (Å²) in [6, 6.07) is 14.3. The summed E-state index contributed by atoms with van der Waals surface area (Å²) < 4.78 is 28.3. The lowest BCUT2D eigenvalue weighted by Crippen LogP contribution is -2.11. The summed E-state index contributed by atoms with van der Waals surface area (Å²) in [7, 11) is -3.73. The van der Waals surface area contributed by atoms with Gasteiger partial charge in [0.25, 0.3) is 0 Å². The molecule has 0 aliphatic heterocycles. The molecule has 0 unspecified atom stereocenters. The first-order valence-corrected chi connectivity index (χ1v) is 10.5. The van der Waals surface area contributed by atoms with Crippen LogP contribution < -0.4 is 5.14 Å². The number of thiazole rings is 1. The molecule has 136 valence electrons. The number of aryl methyl sites for hydroxylation is 1. The SMILES string of the molecule is Cc1onc(-c2ccc(-c3cscn3)cc2)c1-c1ccc(S(N)(=O)=O)cc1. The van der Waals surface area contributed by atoms with Crippen LogP contribution in [0, 0.1) is 6.92 Å². The van der Waals surface area contributed by atoms with E-state index in [0.29, 0.717) is 11.5 Å². The lowest BCUT2D eigenvalue weighted by Gasteiger charge is -2.05. The van der Waals surface area contributed by atoms with E-state index < -0.39 is 10.0 Å². The molecule has 4 rings (SSSR count). The van der Waals surface area contributed by atoms with Crippen molar-refractivity contribution < 1.29 is 12.9 Å². The van der Waals surface area contributed by atoms with Crippen molar-refractivity contribution in [2.75, 3.05) is 0 Å². The number of sulfonamides is 1. The van der Waals surface area contributed by atoms with Crippen LogP contribution in [0.25, 0.3) is 33.6 Å². The summed E-state index contributed by atoms with van der Waals surface area (Å²) in [6.45, 7) is 1.82.